The third-order valence-corrected chi connectivity index (χ3v) is 6.00. The number of anilines is 3. The summed E-state index contributed by atoms with van der Waals surface area (Å²) in [6, 6.07) is 5.67. The van der Waals surface area contributed by atoms with Gasteiger partial charge in [-0.2, -0.15) is 18.3 Å². The van der Waals surface area contributed by atoms with Gasteiger partial charge in [-0.15, -0.1) is 0 Å². The maximum Gasteiger partial charge on any atom is 0.417 e. The van der Waals surface area contributed by atoms with Crippen LogP contribution in [0.25, 0.3) is 0 Å². The second kappa shape index (κ2) is 10.5. The fourth-order valence-electron chi connectivity index (χ4n) is 3.98. The number of pyridine rings is 1. The van der Waals surface area contributed by atoms with Crippen molar-refractivity contribution in [2.24, 2.45) is 0 Å². The van der Waals surface area contributed by atoms with Gasteiger partial charge in [0.15, 0.2) is 5.69 Å². The van der Waals surface area contributed by atoms with E-state index in [4.69, 9.17) is 16.3 Å². The fourth-order valence-corrected chi connectivity index (χ4v) is 4.26. The van der Waals surface area contributed by atoms with Gasteiger partial charge in [-0.25, -0.2) is 4.98 Å². The van der Waals surface area contributed by atoms with Gasteiger partial charge in [0.2, 0.25) is 6.41 Å². The molecule has 0 saturated carbocycles. The molecule has 1 aromatic carbocycles. The molecule has 208 valence electrons. The molecule has 3 aromatic rings. The average molecular weight is 567 g/mol. The molecule has 39 heavy (non-hydrogen) atoms. The van der Waals surface area contributed by atoms with Gasteiger partial charge in [-0.1, -0.05) is 11.6 Å². The Hall–Kier alpha value is -3.68. The first-order valence-electron chi connectivity index (χ1n) is 11.8. The summed E-state index contributed by atoms with van der Waals surface area (Å²) >= 11 is 5.87. The van der Waals surface area contributed by atoms with Gasteiger partial charge < -0.3 is 25.4 Å². The number of carbonyl (C=O) groups is 2. The number of ether oxygens (including phenoxy) is 1. The number of aliphatic hydroxyl groups excluding tert-OH is 1. The molecule has 0 aliphatic carbocycles. The number of carbonyl (C=O) groups excluding carboxylic acids is 2. The first-order valence-corrected chi connectivity index (χ1v) is 12.2. The number of aliphatic hydroxyl groups is 1. The normalized spacial score (nSPS) is 16.6. The lowest BCUT2D eigenvalue weighted by Crippen LogP contribution is -2.43. The molecule has 2 atom stereocenters. The van der Waals surface area contributed by atoms with Gasteiger partial charge in [0, 0.05) is 18.4 Å². The van der Waals surface area contributed by atoms with E-state index in [0.29, 0.717) is 0 Å². The average Bonchev–Trinajstić information content (AvgIpc) is 3.24. The van der Waals surface area contributed by atoms with E-state index < -0.39 is 40.6 Å². The summed E-state index contributed by atoms with van der Waals surface area (Å²) in [7, 11) is 0. The van der Waals surface area contributed by atoms with Crippen molar-refractivity contribution in [3.8, 4) is 0 Å². The number of rotatable bonds is 6. The van der Waals surface area contributed by atoms with E-state index in [0.717, 1.165) is 12.1 Å². The highest BCUT2D eigenvalue weighted by Crippen LogP contribution is 2.38. The van der Waals surface area contributed by atoms with Crippen molar-refractivity contribution in [1.82, 2.24) is 14.8 Å². The van der Waals surface area contributed by atoms with Crippen LogP contribution in [0.4, 0.5) is 30.4 Å². The van der Waals surface area contributed by atoms with Crippen LogP contribution in [0.5, 0.6) is 0 Å². The summed E-state index contributed by atoms with van der Waals surface area (Å²) in [5, 5.41) is 18.9. The number of benzene rings is 1. The molecule has 10 nitrogen and oxygen atoms in total. The molecule has 14 heteroatoms. The molecule has 0 fully saturated rings. The van der Waals surface area contributed by atoms with E-state index in [1.807, 2.05) is 0 Å². The smallest absolute Gasteiger partial charge is 0.351 e. The quantitative estimate of drug-likeness (QED) is 0.362. The number of aromatic nitrogens is 3. The predicted octanol–water partition coefficient (Wildman–Crippen LogP) is 4.93. The van der Waals surface area contributed by atoms with E-state index >= 15 is 0 Å². The largest absolute Gasteiger partial charge is 0.417 e. The van der Waals surface area contributed by atoms with E-state index in [9.17, 15) is 27.9 Å². The number of fused-ring (bicyclic) bond motifs is 1. The van der Waals surface area contributed by atoms with E-state index in [1.54, 1.807) is 27.7 Å². The zero-order valence-electron chi connectivity index (χ0n) is 21.4. The number of nitrogens with zero attached hydrogens (tertiary/aromatic N) is 4. The van der Waals surface area contributed by atoms with Gasteiger partial charge in [0.05, 0.1) is 39.7 Å². The third-order valence-electron chi connectivity index (χ3n) is 5.69. The SMILES string of the molecule is C[C@H]1CN(c2ccc(C(F)(F)F)c(Cl)c2)C(=O)c2c(NC(=O)c3ccc(NC(O)OC(C)(C)C)nc3)cnn21. The summed E-state index contributed by atoms with van der Waals surface area (Å²) < 4.78 is 46.2. The van der Waals surface area contributed by atoms with Crippen molar-refractivity contribution in [3.63, 3.8) is 0 Å². The second-order valence-electron chi connectivity index (χ2n) is 9.89. The Balaban J connectivity index is 1.51. The standard InChI is InChI=1S/C25H26ClF3N6O4/c1-13-12-34(15-6-7-16(17(26)9-15)25(27,28)29)22(37)20-18(11-31-35(13)20)32-21(36)14-5-8-19(30-10-14)33-23(38)39-24(2,3)4/h5-11,13,23,38H,12H2,1-4H3,(H,30,33)(H,32,36)/t13-,23?/m0/s1. The third kappa shape index (κ3) is 6.32. The monoisotopic (exact) mass is 566 g/mol. The minimum absolute atomic E-state index is 0.0619. The van der Waals surface area contributed by atoms with Crippen LogP contribution in [0.1, 0.15) is 60.1 Å². The molecule has 1 aliphatic rings. The Morgan fingerprint density at radius 3 is 2.51 bits per heavy atom. The van der Waals surface area contributed by atoms with Crippen molar-refractivity contribution < 1.29 is 32.6 Å². The topological polar surface area (TPSA) is 122 Å². The molecule has 0 radical (unpaired) electrons. The number of halogens is 4. The number of hydrogen-bond donors (Lipinski definition) is 3. The van der Waals surface area contributed by atoms with Crippen LogP contribution in [0.3, 0.4) is 0 Å². The first kappa shape index (κ1) is 28.3. The maximum absolute atomic E-state index is 13.4. The molecule has 0 spiro atoms. The summed E-state index contributed by atoms with van der Waals surface area (Å²) in [5.41, 5.74) is -1.08. The highest BCUT2D eigenvalue weighted by molar-refractivity contribution is 6.31. The summed E-state index contributed by atoms with van der Waals surface area (Å²) in [4.78, 5) is 31.7. The molecular formula is C25H26ClF3N6O4. The number of alkyl halides is 3. The second-order valence-corrected chi connectivity index (χ2v) is 10.3. The van der Waals surface area contributed by atoms with Crippen molar-refractivity contribution in [2.75, 3.05) is 22.1 Å². The number of amides is 2. The minimum Gasteiger partial charge on any atom is -0.351 e. The first-order chi connectivity index (χ1) is 18.1. The van der Waals surface area contributed by atoms with Gasteiger partial charge in [0.1, 0.15) is 5.82 Å². The van der Waals surface area contributed by atoms with E-state index in [2.05, 4.69) is 20.7 Å². The minimum atomic E-state index is -4.63. The van der Waals surface area contributed by atoms with Crippen molar-refractivity contribution in [1.29, 1.82) is 0 Å². The van der Waals surface area contributed by atoms with Crippen LogP contribution < -0.4 is 15.5 Å². The lowest BCUT2D eigenvalue weighted by atomic mass is 10.1. The zero-order chi connectivity index (χ0) is 28.7. The molecule has 2 amide bonds. The lowest BCUT2D eigenvalue weighted by Gasteiger charge is -2.32. The van der Waals surface area contributed by atoms with Crippen molar-refractivity contribution in [2.45, 2.75) is 51.9 Å². The van der Waals surface area contributed by atoms with Crippen LogP contribution >= 0.6 is 11.6 Å². The Kier molecular flexibility index (Phi) is 7.61. The molecule has 0 bridgehead atoms. The summed E-state index contributed by atoms with van der Waals surface area (Å²) in [6.07, 6.45) is -3.34. The molecule has 1 unspecified atom stereocenters. The number of nitrogens with one attached hydrogen (secondary N) is 2. The molecule has 0 saturated heterocycles. The van der Waals surface area contributed by atoms with Gasteiger partial charge in [-0.3, -0.25) is 14.3 Å². The Bertz CT molecular complexity index is 1390. The van der Waals surface area contributed by atoms with E-state index in [-0.39, 0.29) is 41.0 Å². The summed E-state index contributed by atoms with van der Waals surface area (Å²) in [6.45, 7) is 7.24. The van der Waals surface area contributed by atoms with Crippen LogP contribution in [-0.2, 0) is 10.9 Å². The Morgan fingerprint density at radius 2 is 1.92 bits per heavy atom. The highest BCUT2D eigenvalue weighted by Gasteiger charge is 2.36. The van der Waals surface area contributed by atoms with Gasteiger partial charge in [0.25, 0.3) is 11.8 Å². The Labute approximate surface area is 226 Å². The van der Waals surface area contributed by atoms with Crippen LogP contribution in [-0.4, -0.2) is 50.2 Å². The van der Waals surface area contributed by atoms with Crippen molar-refractivity contribution in [3.05, 3.63) is 64.6 Å². The molecule has 1 aliphatic heterocycles. The van der Waals surface area contributed by atoms with Gasteiger partial charge in [-0.05, 0) is 58.0 Å². The highest BCUT2D eigenvalue weighted by atomic mass is 35.5. The zero-order valence-corrected chi connectivity index (χ0v) is 22.1. The fraction of sp³-hybridized carbons (Fsp3) is 0.360. The maximum atomic E-state index is 13.4. The Morgan fingerprint density at radius 1 is 1.21 bits per heavy atom. The summed E-state index contributed by atoms with van der Waals surface area (Å²) in [5.74, 6) is -0.880. The van der Waals surface area contributed by atoms with E-state index in [1.165, 1.54) is 40.2 Å². The van der Waals surface area contributed by atoms with Gasteiger partial charge >= 0.3 is 6.18 Å². The number of hydrogen-bond acceptors (Lipinski definition) is 7. The molecule has 3 N–H and O–H groups in total. The van der Waals surface area contributed by atoms with Crippen LogP contribution in [0, 0.1) is 0 Å². The van der Waals surface area contributed by atoms with Crippen LogP contribution in [0.2, 0.25) is 5.02 Å². The van der Waals surface area contributed by atoms with Crippen LogP contribution in [0.15, 0.2) is 42.7 Å². The molecular weight excluding hydrogens is 541 g/mol. The lowest BCUT2D eigenvalue weighted by molar-refractivity contribution is -0.149. The van der Waals surface area contributed by atoms with Crippen molar-refractivity contribution >= 4 is 40.6 Å². The molecule has 3 heterocycles. The molecule has 4 rings (SSSR count). The predicted molar refractivity (Wildman–Crippen MR) is 138 cm³/mol. The molecule has 2 aromatic heterocycles.